The van der Waals surface area contributed by atoms with Gasteiger partial charge in [-0.15, -0.1) is 0 Å². The van der Waals surface area contributed by atoms with Crippen LogP contribution >= 0.6 is 0 Å². The van der Waals surface area contributed by atoms with E-state index in [9.17, 15) is 4.79 Å². The lowest BCUT2D eigenvalue weighted by Crippen LogP contribution is -2.10. The van der Waals surface area contributed by atoms with Crippen molar-refractivity contribution in [3.8, 4) is 5.75 Å². The van der Waals surface area contributed by atoms with Gasteiger partial charge < -0.3 is 16.2 Å². The van der Waals surface area contributed by atoms with Gasteiger partial charge in [0, 0.05) is 22.5 Å². The second-order valence-corrected chi connectivity index (χ2v) is 4.99. The summed E-state index contributed by atoms with van der Waals surface area (Å²) < 4.78 is 5.55. The van der Waals surface area contributed by atoms with Crippen molar-refractivity contribution >= 4 is 17.2 Å². The number of rotatable bonds is 2. The number of benzene rings is 2. The zero-order valence-electron chi connectivity index (χ0n) is 11.1. The Hall–Kier alpha value is -2.49. The molecule has 4 nitrogen and oxygen atoms in total. The van der Waals surface area contributed by atoms with Gasteiger partial charge in [0.2, 0.25) is 0 Å². The Kier molecular flexibility index (Phi) is 3.06. The number of hydrogen-bond acceptors (Lipinski definition) is 4. The lowest BCUT2D eigenvalue weighted by atomic mass is 9.97. The Morgan fingerprint density at radius 3 is 2.50 bits per heavy atom. The molecule has 0 unspecified atom stereocenters. The van der Waals surface area contributed by atoms with Crippen LogP contribution in [0.25, 0.3) is 0 Å². The van der Waals surface area contributed by atoms with Crippen molar-refractivity contribution in [1.82, 2.24) is 0 Å². The maximum Gasteiger partial charge on any atom is 0.193 e. The molecular weight excluding hydrogens is 252 g/mol. The van der Waals surface area contributed by atoms with Gasteiger partial charge in [-0.25, -0.2) is 0 Å². The molecule has 0 atom stereocenters. The summed E-state index contributed by atoms with van der Waals surface area (Å²) >= 11 is 0. The number of fused-ring (bicyclic) bond motifs is 1. The normalized spacial score (nSPS) is 13.4. The monoisotopic (exact) mass is 268 g/mol. The van der Waals surface area contributed by atoms with E-state index in [-0.39, 0.29) is 5.78 Å². The topological polar surface area (TPSA) is 78.3 Å². The smallest absolute Gasteiger partial charge is 0.193 e. The number of carbonyl (C=O) groups is 1. The van der Waals surface area contributed by atoms with Crippen LogP contribution in [0.2, 0.25) is 0 Å². The van der Waals surface area contributed by atoms with Gasteiger partial charge in [-0.05, 0) is 54.8 Å². The number of ether oxygens (including phenoxy) is 1. The van der Waals surface area contributed by atoms with Crippen LogP contribution in [-0.2, 0) is 6.42 Å². The van der Waals surface area contributed by atoms with Crippen LogP contribution in [0.4, 0.5) is 11.4 Å². The molecule has 0 aromatic heterocycles. The lowest BCUT2D eigenvalue weighted by Gasteiger charge is -2.17. The van der Waals surface area contributed by atoms with Crippen molar-refractivity contribution in [2.75, 3.05) is 18.1 Å². The summed E-state index contributed by atoms with van der Waals surface area (Å²) in [6.45, 7) is 0.742. The van der Waals surface area contributed by atoms with E-state index >= 15 is 0 Å². The predicted octanol–water partition coefficient (Wildman–Crippen LogP) is 2.41. The summed E-state index contributed by atoms with van der Waals surface area (Å²) in [6, 6.07) is 10.5. The quantitative estimate of drug-likeness (QED) is 0.647. The maximum absolute atomic E-state index is 12.5. The fourth-order valence-corrected chi connectivity index (χ4v) is 2.48. The second-order valence-electron chi connectivity index (χ2n) is 4.99. The van der Waals surface area contributed by atoms with Gasteiger partial charge in [0.25, 0.3) is 0 Å². The maximum atomic E-state index is 12.5. The van der Waals surface area contributed by atoms with Gasteiger partial charge in [0.05, 0.1) is 6.61 Å². The highest BCUT2D eigenvalue weighted by Gasteiger charge is 2.15. The van der Waals surface area contributed by atoms with E-state index < -0.39 is 0 Å². The fourth-order valence-electron chi connectivity index (χ4n) is 2.48. The molecule has 1 heterocycles. The van der Waals surface area contributed by atoms with E-state index in [2.05, 4.69) is 0 Å². The highest BCUT2D eigenvalue weighted by Crippen LogP contribution is 2.27. The SMILES string of the molecule is Nc1cc(N)cc(C(=O)c2ccc3c(c2)CCCO3)c1. The van der Waals surface area contributed by atoms with Crippen molar-refractivity contribution in [1.29, 1.82) is 0 Å². The Morgan fingerprint density at radius 2 is 1.75 bits per heavy atom. The van der Waals surface area contributed by atoms with Gasteiger partial charge in [-0.3, -0.25) is 4.79 Å². The minimum absolute atomic E-state index is 0.0719. The first kappa shape index (κ1) is 12.5. The van der Waals surface area contributed by atoms with Gasteiger partial charge in [-0.2, -0.15) is 0 Å². The van der Waals surface area contributed by atoms with Gasteiger partial charge >= 0.3 is 0 Å². The fraction of sp³-hybridized carbons (Fsp3) is 0.188. The molecule has 2 aromatic rings. The molecule has 1 aliphatic rings. The first-order chi connectivity index (χ1) is 9.63. The average molecular weight is 268 g/mol. The third-order valence-corrected chi connectivity index (χ3v) is 3.41. The molecule has 1 aliphatic heterocycles. The third kappa shape index (κ3) is 2.32. The van der Waals surface area contributed by atoms with E-state index in [1.807, 2.05) is 12.1 Å². The first-order valence-corrected chi connectivity index (χ1v) is 6.60. The molecule has 0 radical (unpaired) electrons. The lowest BCUT2D eigenvalue weighted by molar-refractivity contribution is 0.103. The van der Waals surface area contributed by atoms with Crippen molar-refractivity contribution in [3.05, 3.63) is 53.1 Å². The van der Waals surface area contributed by atoms with Crippen molar-refractivity contribution in [3.63, 3.8) is 0 Å². The summed E-state index contributed by atoms with van der Waals surface area (Å²) in [5.74, 6) is 0.803. The Bertz CT molecular complexity index is 660. The zero-order chi connectivity index (χ0) is 14.1. The van der Waals surface area contributed by atoms with E-state index in [4.69, 9.17) is 16.2 Å². The molecule has 0 fully saturated rings. The largest absolute Gasteiger partial charge is 0.493 e. The predicted molar refractivity (Wildman–Crippen MR) is 79.0 cm³/mol. The summed E-state index contributed by atoms with van der Waals surface area (Å²) in [7, 11) is 0. The Balaban J connectivity index is 1.97. The molecule has 3 rings (SSSR count). The number of aryl methyl sites for hydroxylation is 1. The molecular formula is C16H16N2O2. The van der Waals surface area contributed by atoms with Crippen molar-refractivity contribution in [2.24, 2.45) is 0 Å². The second kappa shape index (κ2) is 4.89. The van der Waals surface area contributed by atoms with Crippen LogP contribution in [0.15, 0.2) is 36.4 Å². The molecule has 4 N–H and O–H groups in total. The molecule has 20 heavy (non-hydrogen) atoms. The molecule has 4 heteroatoms. The number of ketones is 1. The van der Waals surface area contributed by atoms with Crippen LogP contribution < -0.4 is 16.2 Å². The molecule has 0 saturated carbocycles. The molecule has 0 bridgehead atoms. The zero-order valence-corrected chi connectivity index (χ0v) is 11.1. The van der Waals surface area contributed by atoms with E-state index in [1.54, 1.807) is 24.3 Å². The summed E-state index contributed by atoms with van der Waals surface area (Å²) in [4.78, 5) is 12.5. The minimum Gasteiger partial charge on any atom is -0.493 e. The number of nitrogen functional groups attached to an aromatic ring is 2. The minimum atomic E-state index is -0.0719. The van der Waals surface area contributed by atoms with Crippen LogP contribution in [-0.4, -0.2) is 12.4 Å². The number of hydrogen-bond donors (Lipinski definition) is 2. The highest BCUT2D eigenvalue weighted by molar-refractivity contribution is 6.10. The number of anilines is 2. The van der Waals surface area contributed by atoms with Crippen LogP contribution in [0.5, 0.6) is 5.75 Å². The van der Waals surface area contributed by atoms with E-state index in [1.165, 1.54) is 0 Å². The summed E-state index contributed by atoms with van der Waals surface area (Å²) in [5.41, 5.74) is 14.7. The highest BCUT2D eigenvalue weighted by atomic mass is 16.5. The Labute approximate surface area is 117 Å². The van der Waals surface area contributed by atoms with Crippen molar-refractivity contribution in [2.45, 2.75) is 12.8 Å². The summed E-state index contributed by atoms with van der Waals surface area (Å²) in [6.07, 6.45) is 1.92. The van der Waals surface area contributed by atoms with Gasteiger partial charge in [0.15, 0.2) is 5.78 Å². The van der Waals surface area contributed by atoms with E-state index in [0.717, 1.165) is 30.8 Å². The number of carbonyl (C=O) groups excluding carboxylic acids is 1. The molecule has 0 spiro atoms. The Morgan fingerprint density at radius 1 is 1.00 bits per heavy atom. The third-order valence-electron chi connectivity index (χ3n) is 3.41. The van der Waals surface area contributed by atoms with Crippen LogP contribution in [0, 0.1) is 0 Å². The van der Waals surface area contributed by atoms with E-state index in [0.29, 0.717) is 22.5 Å². The molecule has 2 aromatic carbocycles. The van der Waals surface area contributed by atoms with Crippen molar-refractivity contribution < 1.29 is 9.53 Å². The first-order valence-electron chi connectivity index (χ1n) is 6.60. The van der Waals surface area contributed by atoms with Crippen LogP contribution in [0.3, 0.4) is 0 Å². The van der Waals surface area contributed by atoms with Gasteiger partial charge in [0.1, 0.15) is 5.75 Å². The van der Waals surface area contributed by atoms with Crippen LogP contribution in [0.1, 0.15) is 27.9 Å². The molecule has 102 valence electrons. The molecule has 0 saturated heterocycles. The number of nitrogens with two attached hydrogens (primary N) is 2. The molecule has 0 aliphatic carbocycles. The summed E-state index contributed by atoms with van der Waals surface area (Å²) in [5, 5.41) is 0. The molecule has 0 amide bonds. The standard InChI is InChI=1S/C16H16N2O2/c17-13-7-12(8-14(18)9-13)16(19)11-3-4-15-10(6-11)2-1-5-20-15/h3-4,6-9H,1-2,5,17-18H2. The average Bonchev–Trinajstić information content (AvgIpc) is 2.45. The van der Waals surface area contributed by atoms with Gasteiger partial charge in [-0.1, -0.05) is 0 Å².